The molecule has 0 aliphatic rings. The van der Waals surface area contributed by atoms with Crippen molar-refractivity contribution in [2.24, 2.45) is 0 Å². The van der Waals surface area contributed by atoms with Gasteiger partial charge in [-0.3, -0.25) is 9.71 Å². The number of nitrogens with zero attached hydrogens (tertiary/aromatic N) is 1. The fourth-order valence-electron chi connectivity index (χ4n) is 1.57. The van der Waals surface area contributed by atoms with Gasteiger partial charge in [-0.1, -0.05) is 12.1 Å². The summed E-state index contributed by atoms with van der Waals surface area (Å²) in [6.07, 6.45) is 4.02. The van der Waals surface area contributed by atoms with Gasteiger partial charge in [-0.2, -0.15) is 0 Å². The first-order chi connectivity index (χ1) is 8.46. The number of anilines is 1. The summed E-state index contributed by atoms with van der Waals surface area (Å²) in [7, 11) is -3.39. The number of hydrogen-bond acceptors (Lipinski definition) is 3. The maximum absolute atomic E-state index is 13.2. The van der Waals surface area contributed by atoms with Crippen molar-refractivity contribution < 1.29 is 12.8 Å². The second-order valence-corrected chi connectivity index (χ2v) is 5.55. The fourth-order valence-corrected chi connectivity index (χ4v) is 2.15. The molecule has 0 atom stereocenters. The van der Waals surface area contributed by atoms with E-state index in [4.69, 9.17) is 0 Å². The minimum Gasteiger partial charge on any atom is -0.283 e. The van der Waals surface area contributed by atoms with Crippen LogP contribution in [0.1, 0.15) is 0 Å². The second kappa shape index (κ2) is 4.73. The normalized spacial score (nSPS) is 11.2. The van der Waals surface area contributed by atoms with Crippen LogP contribution in [0.4, 0.5) is 10.1 Å². The minimum atomic E-state index is -3.39. The van der Waals surface area contributed by atoms with E-state index in [2.05, 4.69) is 9.71 Å². The molecule has 0 amide bonds. The van der Waals surface area contributed by atoms with E-state index < -0.39 is 10.0 Å². The zero-order valence-electron chi connectivity index (χ0n) is 9.59. The monoisotopic (exact) mass is 266 g/mol. The second-order valence-electron chi connectivity index (χ2n) is 3.81. The van der Waals surface area contributed by atoms with Crippen LogP contribution >= 0.6 is 0 Å². The van der Waals surface area contributed by atoms with Crippen LogP contribution in [0.3, 0.4) is 0 Å². The highest BCUT2D eigenvalue weighted by Gasteiger charge is 2.09. The molecule has 1 heterocycles. The van der Waals surface area contributed by atoms with E-state index in [1.165, 1.54) is 30.6 Å². The number of aromatic nitrogens is 1. The predicted octanol–water partition coefficient (Wildman–Crippen LogP) is 2.26. The third kappa shape index (κ3) is 3.04. The Morgan fingerprint density at radius 1 is 1.28 bits per heavy atom. The quantitative estimate of drug-likeness (QED) is 0.927. The zero-order valence-corrected chi connectivity index (χ0v) is 10.4. The molecule has 0 saturated carbocycles. The van der Waals surface area contributed by atoms with Gasteiger partial charge >= 0.3 is 0 Å². The molecule has 2 aromatic rings. The first-order valence-electron chi connectivity index (χ1n) is 5.13. The molecular formula is C12H11FN2O2S. The lowest BCUT2D eigenvalue weighted by molar-refractivity contribution is 0.607. The molecule has 0 saturated heterocycles. The standard InChI is InChI=1S/C12H11FN2O2S/c1-18(16,17)15-12-5-6-14-8-11(12)9-3-2-4-10(13)7-9/h2-8H,1H3,(H,14,15). The average Bonchev–Trinajstić information content (AvgIpc) is 2.27. The lowest BCUT2D eigenvalue weighted by atomic mass is 10.1. The van der Waals surface area contributed by atoms with Crippen LogP contribution in [0.15, 0.2) is 42.7 Å². The number of hydrogen-bond donors (Lipinski definition) is 1. The van der Waals surface area contributed by atoms with Crippen molar-refractivity contribution in [1.29, 1.82) is 0 Å². The number of sulfonamides is 1. The molecule has 18 heavy (non-hydrogen) atoms. The molecule has 4 nitrogen and oxygen atoms in total. The largest absolute Gasteiger partial charge is 0.283 e. The van der Waals surface area contributed by atoms with Crippen molar-refractivity contribution in [3.63, 3.8) is 0 Å². The molecule has 0 fully saturated rings. The van der Waals surface area contributed by atoms with Crippen LogP contribution in [0.2, 0.25) is 0 Å². The van der Waals surface area contributed by atoms with Gasteiger partial charge in [-0.25, -0.2) is 12.8 Å². The molecule has 1 aromatic heterocycles. The first kappa shape index (κ1) is 12.5. The summed E-state index contributed by atoms with van der Waals surface area (Å²) >= 11 is 0. The number of benzene rings is 1. The van der Waals surface area contributed by atoms with E-state index >= 15 is 0 Å². The molecule has 0 aliphatic carbocycles. The lowest BCUT2D eigenvalue weighted by Crippen LogP contribution is -2.10. The Balaban J connectivity index is 2.51. The van der Waals surface area contributed by atoms with Crippen molar-refractivity contribution in [2.45, 2.75) is 0 Å². The Bertz CT molecular complexity index is 671. The van der Waals surface area contributed by atoms with Crippen molar-refractivity contribution in [3.05, 3.63) is 48.5 Å². The molecular weight excluding hydrogens is 255 g/mol. The van der Waals surface area contributed by atoms with Crippen molar-refractivity contribution >= 4 is 15.7 Å². The maximum atomic E-state index is 13.2. The molecule has 0 aliphatic heterocycles. The van der Waals surface area contributed by atoms with Crippen molar-refractivity contribution in [3.8, 4) is 11.1 Å². The third-order valence-electron chi connectivity index (χ3n) is 2.25. The Kier molecular flexibility index (Phi) is 3.29. The summed E-state index contributed by atoms with van der Waals surface area (Å²) in [5.74, 6) is -0.387. The number of halogens is 1. The molecule has 6 heteroatoms. The Morgan fingerprint density at radius 3 is 2.72 bits per heavy atom. The van der Waals surface area contributed by atoms with Crippen molar-refractivity contribution in [1.82, 2.24) is 4.98 Å². The molecule has 1 aromatic carbocycles. The van der Waals surface area contributed by atoms with E-state index in [1.807, 2.05) is 0 Å². The summed E-state index contributed by atoms with van der Waals surface area (Å²) in [6, 6.07) is 7.42. The van der Waals surface area contributed by atoms with Gasteiger partial charge in [0.1, 0.15) is 5.82 Å². The highest BCUT2D eigenvalue weighted by molar-refractivity contribution is 7.92. The molecule has 0 spiro atoms. The summed E-state index contributed by atoms with van der Waals surface area (Å²) in [5, 5.41) is 0. The highest BCUT2D eigenvalue weighted by atomic mass is 32.2. The number of rotatable bonds is 3. The van der Waals surface area contributed by atoms with E-state index in [0.717, 1.165) is 6.26 Å². The van der Waals surface area contributed by atoms with Crippen molar-refractivity contribution in [2.75, 3.05) is 11.0 Å². The van der Waals surface area contributed by atoms with E-state index in [0.29, 0.717) is 16.8 Å². The lowest BCUT2D eigenvalue weighted by Gasteiger charge is -2.10. The molecule has 1 N–H and O–H groups in total. The molecule has 94 valence electrons. The van der Waals surface area contributed by atoms with Gasteiger partial charge in [0.25, 0.3) is 0 Å². The van der Waals surface area contributed by atoms with Crippen LogP contribution in [0, 0.1) is 5.82 Å². The summed E-state index contributed by atoms with van der Waals surface area (Å²) in [5.41, 5.74) is 1.47. The summed E-state index contributed by atoms with van der Waals surface area (Å²) < 4.78 is 38.0. The predicted molar refractivity (Wildman–Crippen MR) is 68.1 cm³/mol. The van der Waals surface area contributed by atoms with Crippen LogP contribution in [-0.2, 0) is 10.0 Å². The molecule has 2 rings (SSSR count). The summed E-state index contributed by atoms with van der Waals surface area (Å²) in [4.78, 5) is 3.92. The first-order valence-corrected chi connectivity index (χ1v) is 7.02. The number of nitrogens with one attached hydrogen (secondary N) is 1. The van der Waals surface area contributed by atoms with Crippen LogP contribution < -0.4 is 4.72 Å². The Morgan fingerprint density at radius 2 is 2.06 bits per heavy atom. The minimum absolute atomic E-state index is 0.373. The zero-order chi connectivity index (χ0) is 13.2. The van der Waals surface area contributed by atoms with Crippen LogP contribution in [-0.4, -0.2) is 19.7 Å². The summed E-state index contributed by atoms with van der Waals surface area (Å²) in [6.45, 7) is 0. The van der Waals surface area contributed by atoms with Gasteiger partial charge in [0.05, 0.1) is 11.9 Å². The van der Waals surface area contributed by atoms with E-state index in [1.54, 1.807) is 12.1 Å². The van der Waals surface area contributed by atoms with E-state index in [9.17, 15) is 12.8 Å². The molecule has 0 bridgehead atoms. The van der Waals surface area contributed by atoms with E-state index in [-0.39, 0.29) is 5.82 Å². The van der Waals surface area contributed by atoms with Gasteiger partial charge < -0.3 is 0 Å². The smallest absolute Gasteiger partial charge is 0.229 e. The van der Waals surface area contributed by atoms with Gasteiger partial charge in [0, 0.05) is 18.0 Å². The van der Waals surface area contributed by atoms with Gasteiger partial charge in [-0.05, 0) is 23.8 Å². The highest BCUT2D eigenvalue weighted by Crippen LogP contribution is 2.27. The fraction of sp³-hybridized carbons (Fsp3) is 0.0833. The Hall–Kier alpha value is -1.95. The van der Waals surface area contributed by atoms with Gasteiger partial charge in [0.2, 0.25) is 10.0 Å². The molecule has 0 unspecified atom stereocenters. The topological polar surface area (TPSA) is 59.1 Å². The van der Waals surface area contributed by atoms with Gasteiger partial charge in [-0.15, -0.1) is 0 Å². The maximum Gasteiger partial charge on any atom is 0.229 e. The van der Waals surface area contributed by atoms with Crippen LogP contribution in [0.25, 0.3) is 11.1 Å². The number of pyridine rings is 1. The average molecular weight is 266 g/mol. The van der Waals surface area contributed by atoms with Crippen LogP contribution in [0.5, 0.6) is 0 Å². The third-order valence-corrected chi connectivity index (χ3v) is 2.84. The Labute approximate surface area is 105 Å². The van der Waals surface area contributed by atoms with Gasteiger partial charge in [0.15, 0.2) is 0 Å². The SMILES string of the molecule is CS(=O)(=O)Nc1ccncc1-c1cccc(F)c1. The molecule has 0 radical (unpaired) electrons.